The van der Waals surface area contributed by atoms with Crippen molar-refractivity contribution in [2.45, 2.75) is 61.8 Å². The molecule has 3 atom stereocenters. The van der Waals surface area contributed by atoms with Gasteiger partial charge in [-0.25, -0.2) is 0 Å². The minimum absolute atomic E-state index is 0.0287. The summed E-state index contributed by atoms with van der Waals surface area (Å²) in [4.78, 5) is 0. The summed E-state index contributed by atoms with van der Waals surface area (Å²) in [5.74, 6) is 0. The summed E-state index contributed by atoms with van der Waals surface area (Å²) in [6.07, 6.45) is 9.20. The van der Waals surface area contributed by atoms with Crippen molar-refractivity contribution in [3.05, 3.63) is 12.7 Å². The molecule has 0 saturated carbocycles. The smallest absolute Gasteiger partial charge is 0.170 e. The fraction of sp³-hybridized carbons (Fsp3) is 0.846. The first kappa shape index (κ1) is 14.5. The van der Waals surface area contributed by atoms with Crippen LogP contribution in [0.3, 0.4) is 0 Å². The maximum absolute atomic E-state index is 5.95. The molecule has 3 heteroatoms. The van der Waals surface area contributed by atoms with Gasteiger partial charge in [-0.1, -0.05) is 54.9 Å². The van der Waals surface area contributed by atoms with E-state index in [9.17, 15) is 0 Å². The molecule has 2 nitrogen and oxygen atoms in total. The van der Waals surface area contributed by atoms with E-state index in [1.54, 1.807) is 0 Å². The zero-order chi connectivity index (χ0) is 11.8. The van der Waals surface area contributed by atoms with Gasteiger partial charge in [-0.15, -0.1) is 6.58 Å². The lowest BCUT2D eigenvalue weighted by molar-refractivity contribution is -0.172. The minimum atomic E-state index is -0.0287. The highest BCUT2D eigenvalue weighted by molar-refractivity contribution is 14.1. The highest BCUT2D eigenvalue weighted by Crippen LogP contribution is 2.24. The van der Waals surface area contributed by atoms with E-state index in [0.29, 0.717) is 3.92 Å². The van der Waals surface area contributed by atoms with Crippen LogP contribution in [0, 0.1) is 0 Å². The van der Waals surface area contributed by atoms with E-state index in [1.165, 1.54) is 25.7 Å². The average molecular weight is 338 g/mol. The molecule has 0 aromatic carbocycles. The monoisotopic (exact) mass is 338 g/mol. The third kappa shape index (κ3) is 5.15. The van der Waals surface area contributed by atoms with Crippen LogP contribution in [-0.4, -0.2) is 22.9 Å². The van der Waals surface area contributed by atoms with Crippen molar-refractivity contribution in [2.24, 2.45) is 0 Å². The Morgan fingerprint density at radius 3 is 3.00 bits per heavy atom. The van der Waals surface area contributed by atoms with E-state index in [1.807, 2.05) is 6.08 Å². The largest absolute Gasteiger partial charge is 0.352 e. The highest BCUT2D eigenvalue weighted by Gasteiger charge is 2.26. The fourth-order valence-electron chi connectivity index (χ4n) is 1.85. The molecule has 1 aliphatic rings. The summed E-state index contributed by atoms with van der Waals surface area (Å²) in [5, 5.41) is 0. The molecule has 0 aromatic heterocycles. The predicted molar refractivity (Wildman–Crippen MR) is 76.0 cm³/mol. The number of ether oxygens (including phenoxy) is 2. The molecule has 0 spiro atoms. The Morgan fingerprint density at radius 1 is 1.56 bits per heavy atom. The lowest BCUT2D eigenvalue weighted by Crippen LogP contribution is -2.35. The van der Waals surface area contributed by atoms with Crippen molar-refractivity contribution in [1.29, 1.82) is 0 Å². The molecule has 0 bridgehead atoms. The Balaban J connectivity index is 2.27. The fourth-order valence-corrected chi connectivity index (χ4v) is 2.67. The van der Waals surface area contributed by atoms with E-state index >= 15 is 0 Å². The molecule has 0 aromatic rings. The van der Waals surface area contributed by atoms with Crippen LogP contribution in [0.1, 0.15) is 45.4 Å². The highest BCUT2D eigenvalue weighted by atomic mass is 127. The Kier molecular flexibility index (Phi) is 7.66. The SMILES string of the molecule is C=CC(CCCCC)O[C@@H]1OCCC[C@H]1I. The van der Waals surface area contributed by atoms with Crippen LogP contribution in [0.4, 0.5) is 0 Å². The number of hydrogen-bond donors (Lipinski definition) is 0. The van der Waals surface area contributed by atoms with E-state index in [0.717, 1.165) is 19.4 Å². The lowest BCUT2D eigenvalue weighted by atomic mass is 10.1. The second-order valence-corrected chi connectivity index (χ2v) is 5.90. The molecule has 1 fully saturated rings. The van der Waals surface area contributed by atoms with E-state index in [2.05, 4.69) is 36.1 Å². The van der Waals surface area contributed by atoms with Crippen LogP contribution in [0.25, 0.3) is 0 Å². The number of hydrogen-bond acceptors (Lipinski definition) is 2. The second-order valence-electron chi connectivity index (χ2n) is 4.30. The maximum atomic E-state index is 5.95. The molecule has 0 N–H and O–H groups in total. The van der Waals surface area contributed by atoms with Gasteiger partial charge in [-0.05, 0) is 19.3 Å². The zero-order valence-corrected chi connectivity index (χ0v) is 12.3. The van der Waals surface area contributed by atoms with Crippen molar-refractivity contribution in [3.63, 3.8) is 0 Å². The molecule has 1 saturated heterocycles. The summed E-state index contributed by atoms with van der Waals surface area (Å²) < 4.78 is 12.1. The van der Waals surface area contributed by atoms with Crippen molar-refractivity contribution in [3.8, 4) is 0 Å². The van der Waals surface area contributed by atoms with Crippen LogP contribution >= 0.6 is 22.6 Å². The first-order valence-corrected chi connectivity index (χ1v) is 7.56. The third-order valence-corrected chi connectivity index (χ3v) is 4.08. The van der Waals surface area contributed by atoms with Gasteiger partial charge in [0.15, 0.2) is 6.29 Å². The first-order chi connectivity index (χ1) is 7.77. The van der Waals surface area contributed by atoms with Crippen molar-refractivity contribution < 1.29 is 9.47 Å². The first-order valence-electron chi connectivity index (χ1n) is 6.31. The summed E-state index contributed by atoms with van der Waals surface area (Å²) in [7, 11) is 0. The van der Waals surface area contributed by atoms with Gasteiger partial charge in [0.05, 0.1) is 10.0 Å². The number of rotatable bonds is 7. The van der Waals surface area contributed by atoms with Gasteiger partial charge >= 0.3 is 0 Å². The number of alkyl halides is 1. The molecular formula is C13H23IO2. The third-order valence-electron chi connectivity index (χ3n) is 2.87. The van der Waals surface area contributed by atoms with Gasteiger partial charge < -0.3 is 9.47 Å². The number of halogens is 1. The maximum Gasteiger partial charge on any atom is 0.170 e. The molecule has 0 aliphatic carbocycles. The summed E-state index contributed by atoms with van der Waals surface area (Å²) in [6, 6.07) is 0. The van der Waals surface area contributed by atoms with Gasteiger partial charge in [0, 0.05) is 6.61 Å². The molecule has 16 heavy (non-hydrogen) atoms. The average Bonchev–Trinajstić information content (AvgIpc) is 2.30. The summed E-state index contributed by atoms with van der Waals surface area (Å²) in [5.41, 5.74) is 0. The molecule has 1 heterocycles. The molecule has 1 aliphatic heterocycles. The molecular weight excluding hydrogens is 315 g/mol. The number of unbranched alkanes of at least 4 members (excludes halogenated alkanes) is 2. The van der Waals surface area contributed by atoms with Crippen LogP contribution in [-0.2, 0) is 9.47 Å². The quantitative estimate of drug-likeness (QED) is 0.301. The van der Waals surface area contributed by atoms with E-state index in [4.69, 9.17) is 9.47 Å². The topological polar surface area (TPSA) is 18.5 Å². The molecule has 0 radical (unpaired) electrons. The van der Waals surface area contributed by atoms with Gasteiger partial charge in [0.2, 0.25) is 0 Å². The van der Waals surface area contributed by atoms with Crippen LogP contribution < -0.4 is 0 Å². The Morgan fingerprint density at radius 2 is 2.38 bits per heavy atom. The van der Waals surface area contributed by atoms with Gasteiger partial charge in [-0.3, -0.25) is 0 Å². The molecule has 1 rings (SSSR count). The summed E-state index contributed by atoms with van der Waals surface area (Å²) >= 11 is 2.43. The second kappa shape index (κ2) is 8.48. The Bertz CT molecular complexity index is 196. The van der Waals surface area contributed by atoms with Gasteiger partial charge in [0.1, 0.15) is 0 Å². The van der Waals surface area contributed by atoms with Crippen LogP contribution in [0.2, 0.25) is 0 Å². The zero-order valence-electron chi connectivity index (χ0n) is 10.2. The van der Waals surface area contributed by atoms with E-state index < -0.39 is 0 Å². The van der Waals surface area contributed by atoms with Crippen molar-refractivity contribution in [2.75, 3.05) is 6.61 Å². The molecule has 1 unspecified atom stereocenters. The van der Waals surface area contributed by atoms with E-state index in [-0.39, 0.29) is 12.4 Å². The summed E-state index contributed by atoms with van der Waals surface area (Å²) in [6.45, 7) is 6.90. The van der Waals surface area contributed by atoms with Gasteiger partial charge in [0.25, 0.3) is 0 Å². The van der Waals surface area contributed by atoms with Crippen LogP contribution in [0.5, 0.6) is 0 Å². The predicted octanol–water partition coefficient (Wildman–Crippen LogP) is 4.08. The van der Waals surface area contributed by atoms with Gasteiger partial charge in [-0.2, -0.15) is 0 Å². The molecule has 94 valence electrons. The van der Waals surface area contributed by atoms with Crippen molar-refractivity contribution in [1.82, 2.24) is 0 Å². The van der Waals surface area contributed by atoms with Crippen LogP contribution in [0.15, 0.2) is 12.7 Å². The standard InChI is InChI=1S/C13H23IO2/c1-3-5-6-8-11(4-2)16-13-12(14)9-7-10-15-13/h4,11-13H,2-3,5-10H2,1H3/t11?,12-,13+/m1/s1. The van der Waals surface area contributed by atoms with Crippen molar-refractivity contribution >= 4 is 22.6 Å². The molecule has 0 amide bonds. The lowest BCUT2D eigenvalue weighted by Gasteiger charge is -2.30. The normalized spacial score (nSPS) is 27.6. The Hall–Kier alpha value is 0.390. The Labute approximate surface area is 113 Å². The minimum Gasteiger partial charge on any atom is -0.352 e.